The number of ether oxygens (including phenoxy) is 1. The molecule has 128 valence electrons. The summed E-state index contributed by atoms with van der Waals surface area (Å²) in [5, 5.41) is 11.1. The van der Waals surface area contributed by atoms with Crippen LogP contribution in [-0.4, -0.2) is 27.7 Å². The van der Waals surface area contributed by atoms with Gasteiger partial charge in [-0.3, -0.25) is 0 Å². The molecule has 1 aromatic heterocycles. The first-order valence-corrected chi connectivity index (χ1v) is 8.29. The van der Waals surface area contributed by atoms with E-state index in [0.717, 1.165) is 17.7 Å². The maximum Gasteiger partial charge on any atom is 0.216 e. The Labute approximate surface area is 149 Å². The van der Waals surface area contributed by atoms with Crippen molar-refractivity contribution in [2.24, 2.45) is 5.10 Å². The van der Waals surface area contributed by atoms with E-state index in [0.29, 0.717) is 18.0 Å². The van der Waals surface area contributed by atoms with E-state index < -0.39 is 0 Å². The summed E-state index contributed by atoms with van der Waals surface area (Å²) in [7, 11) is 0. The molecule has 3 aromatic rings. The Hall–Kier alpha value is -2.80. The lowest BCUT2D eigenvalue weighted by molar-refractivity contribution is 0.317. The van der Waals surface area contributed by atoms with Crippen molar-refractivity contribution in [1.29, 1.82) is 0 Å². The molecule has 25 heavy (non-hydrogen) atoms. The largest absolute Gasteiger partial charge is 0.494 e. The van der Waals surface area contributed by atoms with Crippen LogP contribution in [0.3, 0.4) is 0 Å². The van der Waals surface area contributed by atoms with Crippen molar-refractivity contribution < 1.29 is 9.13 Å². The Morgan fingerprint density at radius 2 is 2.00 bits per heavy atom. The highest BCUT2D eigenvalue weighted by molar-refractivity contribution is 7.71. The second kappa shape index (κ2) is 7.85. The molecule has 0 atom stereocenters. The monoisotopic (exact) mass is 356 g/mol. The topological polar surface area (TPSA) is 55.2 Å². The summed E-state index contributed by atoms with van der Waals surface area (Å²) in [5.74, 6) is 0.749. The highest BCUT2D eigenvalue weighted by Gasteiger charge is 2.12. The zero-order chi connectivity index (χ0) is 17.6. The van der Waals surface area contributed by atoms with Crippen LogP contribution in [0.1, 0.15) is 18.9 Å². The predicted molar refractivity (Wildman–Crippen MR) is 98.0 cm³/mol. The fourth-order valence-electron chi connectivity index (χ4n) is 2.21. The van der Waals surface area contributed by atoms with Gasteiger partial charge in [0, 0.05) is 0 Å². The van der Waals surface area contributed by atoms with Gasteiger partial charge in [0.15, 0.2) is 5.82 Å². The van der Waals surface area contributed by atoms with Gasteiger partial charge in [0.05, 0.1) is 18.4 Å². The third-order valence-electron chi connectivity index (χ3n) is 3.44. The van der Waals surface area contributed by atoms with E-state index in [1.54, 1.807) is 24.4 Å². The second-order valence-corrected chi connectivity index (χ2v) is 5.69. The molecule has 2 aromatic carbocycles. The summed E-state index contributed by atoms with van der Waals surface area (Å²) in [6, 6.07) is 13.9. The molecular weight excluding hydrogens is 339 g/mol. The number of hydrogen-bond acceptors (Lipinski definition) is 4. The van der Waals surface area contributed by atoms with E-state index in [1.807, 2.05) is 24.3 Å². The summed E-state index contributed by atoms with van der Waals surface area (Å²) in [6.07, 6.45) is 2.60. The molecule has 0 saturated heterocycles. The normalized spacial score (nSPS) is 11.1. The van der Waals surface area contributed by atoms with E-state index in [4.69, 9.17) is 17.0 Å². The SMILES string of the molecule is CCCOc1ccc(C=Nn2c(-c3ccccc3F)n[nH]c2=S)cc1. The van der Waals surface area contributed by atoms with Crippen molar-refractivity contribution >= 4 is 18.4 Å². The lowest BCUT2D eigenvalue weighted by atomic mass is 10.2. The molecule has 7 heteroatoms. The molecule has 5 nitrogen and oxygen atoms in total. The molecule has 0 saturated carbocycles. The van der Waals surface area contributed by atoms with E-state index >= 15 is 0 Å². The van der Waals surface area contributed by atoms with Gasteiger partial charge in [0.1, 0.15) is 11.6 Å². The summed E-state index contributed by atoms with van der Waals surface area (Å²) < 4.78 is 21.2. The van der Waals surface area contributed by atoms with Gasteiger partial charge in [-0.2, -0.15) is 14.9 Å². The zero-order valence-electron chi connectivity index (χ0n) is 13.6. The van der Waals surface area contributed by atoms with Crippen LogP contribution in [0.25, 0.3) is 11.4 Å². The maximum absolute atomic E-state index is 14.0. The molecule has 3 rings (SSSR count). The van der Waals surface area contributed by atoms with Crippen molar-refractivity contribution in [2.75, 3.05) is 6.61 Å². The molecule has 0 bridgehead atoms. The van der Waals surface area contributed by atoms with Gasteiger partial charge in [-0.15, -0.1) is 0 Å². The minimum atomic E-state index is -0.384. The molecule has 1 heterocycles. The van der Waals surface area contributed by atoms with Crippen molar-refractivity contribution in [3.05, 3.63) is 64.7 Å². The summed E-state index contributed by atoms with van der Waals surface area (Å²) in [5.41, 5.74) is 1.20. The highest BCUT2D eigenvalue weighted by Crippen LogP contribution is 2.20. The Morgan fingerprint density at radius 1 is 1.24 bits per heavy atom. The van der Waals surface area contributed by atoms with Crippen LogP contribution < -0.4 is 4.74 Å². The fourth-order valence-corrected chi connectivity index (χ4v) is 2.39. The van der Waals surface area contributed by atoms with Crippen molar-refractivity contribution in [3.63, 3.8) is 0 Å². The van der Waals surface area contributed by atoms with Gasteiger partial charge in [-0.1, -0.05) is 19.1 Å². The lowest BCUT2D eigenvalue weighted by Gasteiger charge is -2.04. The van der Waals surface area contributed by atoms with E-state index in [9.17, 15) is 4.39 Å². The number of nitrogens with zero attached hydrogens (tertiary/aromatic N) is 3. The van der Waals surface area contributed by atoms with Crippen molar-refractivity contribution in [3.8, 4) is 17.1 Å². The van der Waals surface area contributed by atoms with Crippen LogP contribution in [0, 0.1) is 10.6 Å². The maximum atomic E-state index is 14.0. The number of rotatable bonds is 6. The average molecular weight is 356 g/mol. The molecule has 0 spiro atoms. The molecule has 1 N–H and O–H groups in total. The van der Waals surface area contributed by atoms with Crippen LogP contribution in [0.4, 0.5) is 4.39 Å². The van der Waals surface area contributed by atoms with Gasteiger partial charge in [0.25, 0.3) is 0 Å². The molecule has 0 amide bonds. The predicted octanol–water partition coefficient (Wildman–Crippen LogP) is 4.42. The molecule has 0 fully saturated rings. The molecule has 0 unspecified atom stereocenters. The first kappa shape index (κ1) is 17.0. The van der Waals surface area contributed by atoms with Crippen molar-refractivity contribution in [1.82, 2.24) is 14.9 Å². The number of aromatic amines is 1. The third-order valence-corrected chi connectivity index (χ3v) is 3.70. The van der Waals surface area contributed by atoms with Gasteiger partial charge >= 0.3 is 0 Å². The summed E-state index contributed by atoms with van der Waals surface area (Å²) in [4.78, 5) is 0. The Morgan fingerprint density at radius 3 is 2.72 bits per heavy atom. The first-order valence-electron chi connectivity index (χ1n) is 7.88. The summed E-state index contributed by atoms with van der Waals surface area (Å²) >= 11 is 5.19. The zero-order valence-corrected chi connectivity index (χ0v) is 14.5. The van der Waals surface area contributed by atoms with Crippen molar-refractivity contribution in [2.45, 2.75) is 13.3 Å². The second-order valence-electron chi connectivity index (χ2n) is 5.31. The van der Waals surface area contributed by atoms with Crippen LogP contribution in [0.2, 0.25) is 0 Å². The number of hydrogen-bond donors (Lipinski definition) is 1. The third kappa shape index (κ3) is 4.00. The Kier molecular flexibility index (Phi) is 5.35. The number of benzene rings is 2. The Bertz CT molecular complexity index is 931. The minimum absolute atomic E-state index is 0.289. The fraction of sp³-hybridized carbons (Fsp3) is 0.167. The average Bonchev–Trinajstić information content (AvgIpc) is 3.00. The Balaban J connectivity index is 1.86. The summed E-state index contributed by atoms with van der Waals surface area (Å²) in [6.45, 7) is 2.74. The van der Waals surface area contributed by atoms with Gasteiger partial charge in [-0.05, 0) is 60.6 Å². The van der Waals surface area contributed by atoms with E-state index in [-0.39, 0.29) is 10.6 Å². The molecule has 0 radical (unpaired) electrons. The van der Waals surface area contributed by atoms with E-state index in [1.165, 1.54) is 10.7 Å². The quantitative estimate of drug-likeness (QED) is 0.525. The number of halogens is 1. The standard InChI is InChI=1S/C18H17FN4OS/c1-2-11-24-14-9-7-13(8-10-14)12-20-23-17(21-22-18(23)25)15-5-3-4-6-16(15)19/h3-10,12H,2,11H2,1H3,(H,22,25). The number of nitrogens with one attached hydrogen (secondary N) is 1. The van der Waals surface area contributed by atoms with Crippen LogP contribution in [0.5, 0.6) is 5.75 Å². The highest BCUT2D eigenvalue weighted by atomic mass is 32.1. The smallest absolute Gasteiger partial charge is 0.216 e. The van der Waals surface area contributed by atoms with E-state index in [2.05, 4.69) is 22.2 Å². The molecule has 0 aliphatic rings. The van der Waals surface area contributed by atoms with Gasteiger partial charge in [-0.25, -0.2) is 9.49 Å². The van der Waals surface area contributed by atoms with Gasteiger partial charge < -0.3 is 4.74 Å². The van der Waals surface area contributed by atoms with Crippen LogP contribution in [0.15, 0.2) is 53.6 Å². The number of H-pyrrole nitrogens is 1. The minimum Gasteiger partial charge on any atom is -0.494 e. The van der Waals surface area contributed by atoms with Crippen LogP contribution >= 0.6 is 12.2 Å². The number of aromatic nitrogens is 3. The molecule has 0 aliphatic carbocycles. The molecular formula is C18H17FN4OS. The lowest BCUT2D eigenvalue weighted by Crippen LogP contribution is -1.97. The van der Waals surface area contributed by atoms with Gasteiger partial charge in [0.2, 0.25) is 4.77 Å². The van der Waals surface area contributed by atoms with Crippen LogP contribution in [-0.2, 0) is 0 Å². The first-order chi connectivity index (χ1) is 12.2. The molecule has 0 aliphatic heterocycles.